The van der Waals surface area contributed by atoms with E-state index in [-0.39, 0.29) is 23.4 Å². The van der Waals surface area contributed by atoms with Crippen LogP contribution in [0.3, 0.4) is 0 Å². The van der Waals surface area contributed by atoms with Crippen LogP contribution in [0.15, 0.2) is 34.7 Å². The van der Waals surface area contributed by atoms with Crippen LogP contribution >= 0.6 is 0 Å². The van der Waals surface area contributed by atoms with Crippen LogP contribution in [0.5, 0.6) is 0 Å². The molecule has 5 atom stereocenters. The van der Waals surface area contributed by atoms with Gasteiger partial charge in [0.05, 0.1) is 12.5 Å². The molecule has 0 saturated heterocycles. The van der Waals surface area contributed by atoms with Gasteiger partial charge in [-0.05, 0) is 42.7 Å². The second-order valence-corrected chi connectivity index (χ2v) is 7.49. The Kier molecular flexibility index (Phi) is 3.26. The van der Waals surface area contributed by atoms with Crippen molar-refractivity contribution >= 4 is 11.8 Å². The lowest BCUT2D eigenvalue weighted by Gasteiger charge is -2.52. The highest BCUT2D eigenvalue weighted by Gasteiger charge is 2.53. The highest BCUT2D eigenvalue weighted by atomic mass is 16.5. The van der Waals surface area contributed by atoms with Crippen LogP contribution in [0.25, 0.3) is 0 Å². The Morgan fingerprint density at radius 1 is 1.26 bits per heavy atom. The summed E-state index contributed by atoms with van der Waals surface area (Å²) in [4.78, 5) is 24.3. The number of fused-ring (bicyclic) bond motifs is 3. The first-order chi connectivity index (χ1) is 11.0. The smallest absolute Gasteiger partial charge is 0.331 e. The monoisotopic (exact) mass is 314 g/mol. The van der Waals surface area contributed by atoms with E-state index in [1.54, 1.807) is 18.6 Å². The Morgan fingerprint density at radius 3 is 2.83 bits per heavy atom. The predicted molar refractivity (Wildman–Crippen MR) is 83.4 cm³/mol. The van der Waals surface area contributed by atoms with Gasteiger partial charge in [-0.15, -0.1) is 0 Å². The molecule has 3 aliphatic rings. The maximum Gasteiger partial charge on any atom is 0.331 e. The van der Waals surface area contributed by atoms with Gasteiger partial charge in [-0.25, -0.2) is 4.79 Å². The first-order valence-electron chi connectivity index (χ1n) is 8.48. The maximum atomic E-state index is 12.2. The molecule has 0 spiro atoms. The van der Waals surface area contributed by atoms with Crippen LogP contribution in [0, 0.1) is 23.2 Å². The van der Waals surface area contributed by atoms with Crippen molar-refractivity contribution in [1.29, 1.82) is 0 Å². The molecule has 1 aromatic heterocycles. The summed E-state index contributed by atoms with van der Waals surface area (Å²) >= 11 is 0. The van der Waals surface area contributed by atoms with Gasteiger partial charge in [0.1, 0.15) is 11.9 Å². The molecule has 2 saturated carbocycles. The van der Waals surface area contributed by atoms with Crippen LogP contribution in [-0.2, 0) is 14.3 Å². The molecule has 4 nitrogen and oxygen atoms in total. The average Bonchev–Trinajstić information content (AvgIpc) is 3.05. The summed E-state index contributed by atoms with van der Waals surface area (Å²) in [7, 11) is 0. The van der Waals surface area contributed by atoms with Crippen LogP contribution in [0.2, 0.25) is 0 Å². The molecule has 2 aliphatic carbocycles. The van der Waals surface area contributed by atoms with Gasteiger partial charge in [0.2, 0.25) is 0 Å². The molecule has 0 aromatic carbocycles. The zero-order chi connectivity index (χ0) is 16.2. The summed E-state index contributed by atoms with van der Waals surface area (Å²) in [5, 5.41) is 0. The van der Waals surface area contributed by atoms with Gasteiger partial charge in [-0.1, -0.05) is 13.8 Å². The number of ketones is 1. The minimum Gasteiger partial charge on any atom is -0.472 e. The number of carbonyl (C=O) groups is 2. The van der Waals surface area contributed by atoms with E-state index in [0.29, 0.717) is 24.0 Å². The van der Waals surface area contributed by atoms with E-state index in [9.17, 15) is 9.59 Å². The van der Waals surface area contributed by atoms with E-state index < -0.39 is 0 Å². The predicted octanol–water partition coefficient (Wildman–Crippen LogP) is 3.84. The largest absolute Gasteiger partial charge is 0.472 e. The van der Waals surface area contributed by atoms with Crippen molar-refractivity contribution in [3.63, 3.8) is 0 Å². The van der Waals surface area contributed by atoms with Crippen LogP contribution in [0.4, 0.5) is 0 Å². The van der Waals surface area contributed by atoms with Gasteiger partial charge in [0.15, 0.2) is 0 Å². The number of furan rings is 1. The van der Waals surface area contributed by atoms with Crippen LogP contribution in [-0.4, -0.2) is 11.8 Å². The van der Waals surface area contributed by atoms with E-state index >= 15 is 0 Å². The molecular formula is C19H22O4. The van der Waals surface area contributed by atoms with Crippen molar-refractivity contribution in [2.75, 3.05) is 0 Å². The van der Waals surface area contributed by atoms with Crippen molar-refractivity contribution in [1.82, 2.24) is 0 Å². The summed E-state index contributed by atoms with van der Waals surface area (Å²) in [6.07, 6.45) is 8.14. The molecule has 23 heavy (non-hydrogen) atoms. The number of hydrogen-bond acceptors (Lipinski definition) is 4. The van der Waals surface area contributed by atoms with E-state index in [4.69, 9.17) is 9.15 Å². The SMILES string of the molecule is C[C@H]1C(=O)CC[C@H]2C3=CC(=O)O[C@H](c4ccoc4)[C@@]3(C)CC[C@@H]12. The summed E-state index contributed by atoms with van der Waals surface area (Å²) in [6, 6.07) is 1.88. The van der Waals surface area contributed by atoms with Gasteiger partial charge in [-0.2, -0.15) is 0 Å². The third-order valence-electron chi connectivity index (χ3n) is 6.36. The molecule has 2 heterocycles. The molecule has 1 aliphatic heterocycles. The lowest BCUT2D eigenvalue weighted by molar-refractivity contribution is -0.155. The van der Waals surface area contributed by atoms with Crippen molar-refractivity contribution in [2.24, 2.45) is 23.2 Å². The van der Waals surface area contributed by atoms with Crippen molar-refractivity contribution in [3.8, 4) is 0 Å². The first kappa shape index (κ1) is 14.7. The fourth-order valence-electron chi connectivity index (χ4n) is 5.02. The fraction of sp³-hybridized carbons (Fsp3) is 0.579. The molecular weight excluding hydrogens is 292 g/mol. The average molecular weight is 314 g/mol. The minimum absolute atomic E-state index is 0.101. The quantitative estimate of drug-likeness (QED) is 0.739. The minimum atomic E-state index is -0.289. The van der Waals surface area contributed by atoms with Crippen molar-refractivity contribution in [3.05, 3.63) is 35.8 Å². The lowest BCUT2D eigenvalue weighted by Crippen LogP contribution is -2.47. The number of esters is 1. The van der Waals surface area contributed by atoms with Gasteiger partial charge in [0.25, 0.3) is 0 Å². The zero-order valence-electron chi connectivity index (χ0n) is 13.6. The second-order valence-electron chi connectivity index (χ2n) is 7.49. The summed E-state index contributed by atoms with van der Waals surface area (Å²) in [5.41, 5.74) is 1.92. The molecule has 0 bridgehead atoms. The molecule has 0 amide bonds. The first-order valence-corrected chi connectivity index (χ1v) is 8.48. The highest BCUT2D eigenvalue weighted by molar-refractivity contribution is 5.86. The molecule has 4 heteroatoms. The van der Waals surface area contributed by atoms with E-state index in [1.165, 1.54) is 5.57 Å². The third kappa shape index (κ3) is 2.11. The Labute approximate surface area is 135 Å². The summed E-state index contributed by atoms with van der Waals surface area (Å²) < 4.78 is 10.9. The molecule has 0 unspecified atom stereocenters. The summed E-state index contributed by atoms with van der Waals surface area (Å²) in [6.45, 7) is 4.25. The molecule has 0 radical (unpaired) electrons. The van der Waals surface area contributed by atoms with Crippen LogP contribution in [0.1, 0.15) is 51.2 Å². The van der Waals surface area contributed by atoms with E-state index in [2.05, 4.69) is 13.8 Å². The molecule has 1 aromatic rings. The molecule has 4 rings (SSSR count). The van der Waals surface area contributed by atoms with Crippen molar-refractivity contribution < 1.29 is 18.7 Å². The Bertz CT molecular complexity index is 672. The van der Waals surface area contributed by atoms with Gasteiger partial charge >= 0.3 is 5.97 Å². The Hall–Kier alpha value is -1.84. The summed E-state index contributed by atoms with van der Waals surface area (Å²) in [5.74, 6) is 0.897. The normalized spacial score (nSPS) is 40.0. The second kappa shape index (κ2) is 5.08. The zero-order valence-corrected chi connectivity index (χ0v) is 13.6. The van der Waals surface area contributed by atoms with E-state index in [1.807, 2.05) is 6.07 Å². The number of cyclic esters (lactones) is 1. The Morgan fingerprint density at radius 2 is 2.09 bits per heavy atom. The topological polar surface area (TPSA) is 56.5 Å². The molecule has 122 valence electrons. The van der Waals surface area contributed by atoms with Gasteiger partial charge < -0.3 is 9.15 Å². The van der Waals surface area contributed by atoms with Crippen LogP contribution < -0.4 is 0 Å². The number of hydrogen-bond donors (Lipinski definition) is 0. The van der Waals surface area contributed by atoms with E-state index in [0.717, 1.165) is 24.8 Å². The maximum absolute atomic E-state index is 12.2. The van der Waals surface area contributed by atoms with Gasteiger partial charge in [0, 0.05) is 29.4 Å². The standard InChI is InChI=1S/C19H22O4/c1-11-13-5-7-19(2)15(14(13)3-4-16(11)20)9-17(21)23-18(19)12-6-8-22-10-12/h6,8-11,13-14,18H,3-5,7H2,1-2H3/t11-,13+,14-,18-,19+/m1/s1. The number of carbonyl (C=O) groups excluding carboxylic acids is 2. The molecule has 0 N–H and O–H groups in total. The third-order valence-corrected chi connectivity index (χ3v) is 6.36. The molecule has 2 fully saturated rings. The number of ether oxygens (including phenoxy) is 1. The highest BCUT2D eigenvalue weighted by Crippen LogP contribution is 2.59. The number of Topliss-reactive ketones (excluding diaryl/α,β-unsaturated/α-hetero) is 1. The van der Waals surface area contributed by atoms with Crippen molar-refractivity contribution in [2.45, 2.75) is 45.6 Å². The lowest BCUT2D eigenvalue weighted by atomic mass is 9.54. The number of rotatable bonds is 1. The fourth-order valence-corrected chi connectivity index (χ4v) is 5.02. The van der Waals surface area contributed by atoms with Gasteiger partial charge in [-0.3, -0.25) is 4.79 Å². The Balaban J connectivity index is 1.75.